The highest BCUT2D eigenvalue weighted by molar-refractivity contribution is 8.00. The minimum atomic E-state index is -0.221. The number of aromatic hydroxyl groups is 1. The summed E-state index contributed by atoms with van der Waals surface area (Å²) in [6.45, 7) is 4.01. The van der Waals surface area contributed by atoms with E-state index in [2.05, 4.69) is 23.1 Å². The predicted molar refractivity (Wildman–Crippen MR) is 148 cm³/mol. The van der Waals surface area contributed by atoms with Crippen molar-refractivity contribution in [3.8, 4) is 22.6 Å². The molecular weight excluding hydrogens is 493 g/mol. The highest BCUT2D eigenvalue weighted by Crippen LogP contribution is 2.54. The molecule has 0 saturated carbocycles. The standard InChI is InChI=1S/C30H28FNO2S.ClH/c31-22-7-12-26-27-11-6-21-18-23(33)8-13-25(21)29(27)30(35-28(26)19-22)20-4-9-24(10-5-20)34-17-16-32-14-2-1-3-15-32;/h4-13,18-19,30,33H,1-3,14-17H2;1H. The zero-order valence-corrected chi connectivity index (χ0v) is 21.6. The molecule has 0 aliphatic carbocycles. The van der Waals surface area contributed by atoms with E-state index >= 15 is 0 Å². The molecule has 6 rings (SSSR count). The Morgan fingerprint density at radius 1 is 0.889 bits per heavy atom. The number of phenols is 1. The first-order chi connectivity index (χ1) is 17.2. The Hall–Kier alpha value is -2.73. The van der Waals surface area contributed by atoms with Crippen LogP contribution >= 0.6 is 24.2 Å². The SMILES string of the molecule is Cl.Oc1ccc2c3c(ccc2c1)-c1ccc(F)cc1SC3c1ccc(OCCN2CCCCC2)cc1. The number of nitrogens with zero attached hydrogens (tertiary/aromatic N) is 1. The molecule has 6 heteroatoms. The molecule has 36 heavy (non-hydrogen) atoms. The lowest BCUT2D eigenvalue weighted by molar-refractivity contribution is 0.183. The number of hydrogen-bond acceptors (Lipinski definition) is 4. The van der Waals surface area contributed by atoms with Gasteiger partial charge in [0.05, 0.1) is 5.25 Å². The lowest BCUT2D eigenvalue weighted by Crippen LogP contribution is -2.33. The largest absolute Gasteiger partial charge is 0.508 e. The number of hydrogen-bond donors (Lipinski definition) is 1. The molecule has 2 heterocycles. The molecular formula is C30H29ClFNO2S. The van der Waals surface area contributed by atoms with Crippen molar-refractivity contribution < 1.29 is 14.2 Å². The van der Waals surface area contributed by atoms with E-state index in [0.717, 1.165) is 44.7 Å². The summed E-state index contributed by atoms with van der Waals surface area (Å²) in [6, 6.07) is 23.0. The van der Waals surface area contributed by atoms with Gasteiger partial charge in [-0.25, -0.2) is 4.39 Å². The van der Waals surface area contributed by atoms with E-state index in [1.54, 1.807) is 30.0 Å². The summed E-state index contributed by atoms with van der Waals surface area (Å²) < 4.78 is 20.2. The highest BCUT2D eigenvalue weighted by atomic mass is 35.5. The fourth-order valence-electron chi connectivity index (χ4n) is 5.31. The molecule has 1 unspecified atom stereocenters. The van der Waals surface area contributed by atoms with Gasteiger partial charge in [0.2, 0.25) is 0 Å². The first kappa shape index (κ1) is 24.9. The van der Waals surface area contributed by atoms with Crippen LogP contribution in [0.2, 0.25) is 0 Å². The first-order valence-electron chi connectivity index (χ1n) is 12.3. The molecule has 1 atom stereocenters. The third kappa shape index (κ3) is 4.93. The molecule has 1 saturated heterocycles. The summed E-state index contributed by atoms with van der Waals surface area (Å²) >= 11 is 1.68. The van der Waals surface area contributed by atoms with Crippen molar-refractivity contribution in [1.82, 2.24) is 4.90 Å². The van der Waals surface area contributed by atoms with Crippen LogP contribution in [0.15, 0.2) is 77.7 Å². The normalized spacial score (nSPS) is 17.2. The van der Waals surface area contributed by atoms with E-state index < -0.39 is 0 Å². The summed E-state index contributed by atoms with van der Waals surface area (Å²) in [5, 5.41) is 12.1. The Bertz CT molecular complexity index is 1370. The van der Waals surface area contributed by atoms with Crippen LogP contribution in [0.25, 0.3) is 21.9 Å². The van der Waals surface area contributed by atoms with Crippen LogP contribution in [0.4, 0.5) is 4.39 Å². The van der Waals surface area contributed by atoms with Crippen molar-refractivity contribution >= 4 is 34.9 Å². The molecule has 0 radical (unpaired) electrons. The molecule has 4 aromatic rings. The number of halogens is 2. The minimum absolute atomic E-state index is 0. The molecule has 1 N–H and O–H groups in total. The van der Waals surface area contributed by atoms with Gasteiger partial charge in [-0.3, -0.25) is 4.90 Å². The summed E-state index contributed by atoms with van der Waals surface area (Å²) in [4.78, 5) is 3.43. The van der Waals surface area contributed by atoms with E-state index in [4.69, 9.17) is 4.74 Å². The van der Waals surface area contributed by atoms with E-state index in [1.165, 1.54) is 44.0 Å². The summed E-state index contributed by atoms with van der Waals surface area (Å²) in [6.07, 6.45) is 3.92. The number of piperidine rings is 1. The van der Waals surface area contributed by atoms with E-state index in [9.17, 15) is 9.50 Å². The third-order valence-electron chi connectivity index (χ3n) is 7.09. The second-order valence-corrected chi connectivity index (χ2v) is 10.5. The number of thioether (sulfide) groups is 1. The van der Waals surface area contributed by atoms with Crippen molar-refractivity contribution in [2.45, 2.75) is 29.4 Å². The number of likely N-dealkylation sites (tertiary alicyclic amines) is 1. The lowest BCUT2D eigenvalue weighted by atomic mass is 9.89. The Kier molecular flexibility index (Phi) is 7.42. The van der Waals surface area contributed by atoms with Crippen LogP contribution < -0.4 is 4.74 Å². The molecule has 4 aromatic carbocycles. The van der Waals surface area contributed by atoms with Gasteiger partial charge in [-0.1, -0.05) is 42.8 Å². The predicted octanol–water partition coefficient (Wildman–Crippen LogP) is 7.83. The van der Waals surface area contributed by atoms with Gasteiger partial charge in [0.15, 0.2) is 0 Å². The molecule has 1 fully saturated rings. The summed E-state index contributed by atoms with van der Waals surface area (Å²) in [7, 11) is 0. The van der Waals surface area contributed by atoms with Crippen molar-refractivity contribution in [3.63, 3.8) is 0 Å². The quantitative estimate of drug-likeness (QED) is 0.290. The highest BCUT2D eigenvalue weighted by Gasteiger charge is 2.29. The fraction of sp³-hybridized carbons (Fsp3) is 0.267. The zero-order chi connectivity index (χ0) is 23.8. The van der Waals surface area contributed by atoms with Crippen LogP contribution in [0.3, 0.4) is 0 Å². The van der Waals surface area contributed by atoms with Crippen molar-refractivity contribution in [1.29, 1.82) is 0 Å². The van der Waals surface area contributed by atoms with Crippen molar-refractivity contribution in [2.24, 2.45) is 0 Å². The molecule has 0 aromatic heterocycles. The summed E-state index contributed by atoms with van der Waals surface area (Å²) in [5.41, 5.74) is 4.51. The second-order valence-electron chi connectivity index (χ2n) is 9.39. The summed E-state index contributed by atoms with van der Waals surface area (Å²) in [5.74, 6) is 0.911. The minimum Gasteiger partial charge on any atom is -0.508 e. The first-order valence-corrected chi connectivity index (χ1v) is 13.2. The van der Waals surface area contributed by atoms with Crippen LogP contribution in [-0.2, 0) is 0 Å². The van der Waals surface area contributed by atoms with Gasteiger partial charge < -0.3 is 9.84 Å². The smallest absolute Gasteiger partial charge is 0.124 e. The molecule has 0 bridgehead atoms. The van der Waals surface area contributed by atoms with Crippen molar-refractivity contribution in [3.05, 3.63) is 89.7 Å². The van der Waals surface area contributed by atoms with Gasteiger partial charge in [0, 0.05) is 11.4 Å². The Morgan fingerprint density at radius 3 is 2.47 bits per heavy atom. The second kappa shape index (κ2) is 10.7. The topological polar surface area (TPSA) is 32.7 Å². The average Bonchev–Trinajstić information content (AvgIpc) is 2.88. The number of benzene rings is 4. The molecule has 3 nitrogen and oxygen atoms in total. The van der Waals surface area contributed by atoms with Gasteiger partial charge in [-0.2, -0.15) is 0 Å². The maximum atomic E-state index is 14.1. The van der Waals surface area contributed by atoms with Gasteiger partial charge in [-0.15, -0.1) is 24.2 Å². The van der Waals surface area contributed by atoms with Crippen molar-refractivity contribution in [2.75, 3.05) is 26.2 Å². The molecule has 0 spiro atoms. The number of rotatable bonds is 5. The number of phenolic OH excluding ortho intramolecular Hbond substituents is 1. The Labute approximate surface area is 221 Å². The van der Waals surface area contributed by atoms with Crippen LogP contribution in [0.1, 0.15) is 35.6 Å². The number of fused-ring (bicyclic) bond motifs is 5. The van der Waals surface area contributed by atoms with E-state index in [1.807, 2.05) is 30.3 Å². The lowest BCUT2D eigenvalue weighted by Gasteiger charge is -2.29. The maximum absolute atomic E-state index is 14.1. The van der Waals surface area contributed by atoms with E-state index in [-0.39, 0.29) is 29.2 Å². The fourth-order valence-corrected chi connectivity index (χ4v) is 6.71. The maximum Gasteiger partial charge on any atom is 0.124 e. The molecule has 0 amide bonds. The zero-order valence-electron chi connectivity index (χ0n) is 20.0. The average molecular weight is 522 g/mol. The Balaban J connectivity index is 0.00000267. The van der Waals surface area contributed by atoms with Gasteiger partial charge >= 0.3 is 0 Å². The van der Waals surface area contributed by atoms with Gasteiger partial charge in [0.25, 0.3) is 0 Å². The number of ether oxygens (including phenoxy) is 1. The Morgan fingerprint density at radius 2 is 1.67 bits per heavy atom. The van der Waals surface area contributed by atoms with Gasteiger partial charge in [-0.05, 0) is 95.4 Å². The van der Waals surface area contributed by atoms with Crippen LogP contribution in [-0.4, -0.2) is 36.2 Å². The van der Waals surface area contributed by atoms with E-state index in [0.29, 0.717) is 6.61 Å². The monoisotopic (exact) mass is 521 g/mol. The van der Waals surface area contributed by atoms with Crippen LogP contribution in [0, 0.1) is 5.82 Å². The van der Waals surface area contributed by atoms with Gasteiger partial charge in [0.1, 0.15) is 23.9 Å². The molecule has 2 aliphatic heterocycles. The van der Waals surface area contributed by atoms with Crippen LogP contribution in [0.5, 0.6) is 11.5 Å². The molecule has 186 valence electrons. The molecule has 2 aliphatic rings. The third-order valence-corrected chi connectivity index (χ3v) is 8.43.